The highest BCUT2D eigenvalue weighted by Gasteiger charge is 2.26. The second kappa shape index (κ2) is 8.99. The summed E-state index contributed by atoms with van der Waals surface area (Å²) >= 11 is 1.47. The zero-order valence-corrected chi connectivity index (χ0v) is 16.5. The third kappa shape index (κ3) is 4.40. The van der Waals surface area contributed by atoms with E-state index < -0.39 is 0 Å². The van der Waals surface area contributed by atoms with Gasteiger partial charge in [-0.2, -0.15) is 0 Å². The Hall–Kier alpha value is -2.70. The van der Waals surface area contributed by atoms with E-state index in [4.69, 9.17) is 0 Å². The molecule has 4 rings (SSSR count). The topological polar surface area (TPSA) is 48.5 Å². The predicted molar refractivity (Wildman–Crippen MR) is 114 cm³/mol. The van der Waals surface area contributed by atoms with Gasteiger partial charge in [0.1, 0.15) is 0 Å². The number of thiophene rings is 1. The van der Waals surface area contributed by atoms with Crippen molar-refractivity contribution in [1.82, 2.24) is 15.2 Å². The monoisotopic (exact) mass is 392 g/mol. The van der Waals surface area contributed by atoms with Crippen molar-refractivity contribution in [2.24, 2.45) is 0 Å². The summed E-state index contributed by atoms with van der Waals surface area (Å²) in [7, 11) is 0. The maximum atomic E-state index is 12.4. The van der Waals surface area contributed by atoms with Crippen LogP contribution in [0.3, 0.4) is 0 Å². The van der Waals surface area contributed by atoms with E-state index in [9.17, 15) is 4.79 Å². The van der Waals surface area contributed by atoms with Crippen molar-refractivity contribution in [3.63, 3.8) is 0 Å². The molecule has 1 saturated heterocycles. The number of carbonyl (C=O) groups is 1. The molecule has 1 aliphatic rings. The number of nitrogens with zero attached hydrogens (tertiary/aromatic N) is 3. The van der Waals surface area contributed by atoms with Crippen molar-refractivity contribution in [2.45, 2.75) is 6.04 Å². The van der Waals surface area contributed by atoms with Gasteiger partial charge in [0, 0.05) is 50.8 Å². The highest BCUT2D eigenvalue weighted by Crippen LogP contribution is 2.23. The summed E-state index contributed by atoms with van der Waals surface area (Å²) in [5, 5.41) is 5.04. The van der Waals surface area contributed by atoms with Crippen LogP contribution in [0.15, 0.2) is 72.4 Å². The highest BCUT2D eigenvalue weighted by molar-refractivity contribution is 7.12. The van der Waals surface area contributed by atoms with Gasteiger partial charge in [0.25, 0.3) is 5.91 Å². The molecule has 0 bridgehead atoms. The molecule has 1 N–H and O–H groups in total. The first-order chi connectivity index (χ1) is 13.8. The Morgan fingerprint density at radius 3 is 2.54 bits per heavy atom. The lowest BCUT2D eigenvalue weighted by Gasteiger charge is -2.40. The van der Waals surface area contributed by atoms with Crippen molar-refractivity contribution in [2.75, 3.05) is 37.6 Å². The number of nitrogens with one attached hydrogen (secondary N) is 1. The average molecular weight is 393 g/mol. The first-order valence-corrected chi connectivity index (χ1v) is 10.4. The molecule has 28 heavy (non-hydrogen) atoms. The number of aromatic nitrogens is 1. The Morgan fingerprint density at radius 2 is 1.86 bits per heavy atom. The van der Waals surface area contributed by atoms with Crippen molar-refractivity contribution in [1.29, 1.82) is 0 Å². The molecular weight excluding hydrogens is 368 g/mol. The zero-order chi connectivity index (χ0) is 19.2. The molecule has 5 nitrogen and oxygen atoms in total. The minimum Gasteiger partial charge on any atom is -0.369 e. The van der Waals surface area contributed by atoms with Crippen molar-refractivity contribution in [3.8, 4) is 0 Å². The van der Waals surface area contributed by atoms with Crippen LogP contribution in [0.1, 0.15) is 21.3 Å². The number of pyridine rings is 1. The lowest BCUT2D eigenvalue weighted by Crippen LogP contribution is -2.49. The lowest BCUT2D eigenvalue weighted by atomic mass is 10.1. The maximum Gasteiger partial charge on any atom is 0.261 e. The van der Waals surface area contributed by atoms with E-state index in [0.29, 0.717) is 6.54 Å². The summed E-state index contributed by atoms with van der Waals surface area (Å²) in [6.45, 7) is 4.42. The number of rotatable bonds is 6. The second-order valence-electron chi connectivity index (χ2n) is 6.85. The van der Waals surface area contributed by atoms with E-state index in [-0.39, 0.29) is 11.9 Å². The fraction of sp³-hybridized carbons (Fsp3) is 0.273. The normalized spacial score (nSPS) is 15.9. The number of benzene rings is 1. The molecule has 0 unspecified atom stereocenters. The Kier molecular flexibility index (Phi) is 5.99. The number of piperazine rings is 1. The minimum atomic E-state index is -0.00758. The van der Waals surface area contributed by atoms with Crippen LogP contribution in [0.4, 0.5) is 5.69 Å². The van der Waals surface area contributed by atoms with Crippen LogP contribution in [0, 0.1) is 0 Å². The van der Waals surface area contributed by atoms with Gasteiger partial charge in [-0.1, -0.05) is 30.3 Å². The summed E-state index contributed by atoms with van der Waals surface area (Å²) in [5.74, 6) is -0.00758. The van der Waals surface area contributed by atoms with E-state index >= 15 is 0 Å². The third-order valence-electron chi connectivity index (χ3n) is 5.15. The number of anilines is 1. The molecule has 0 spiro atoms. The molecule has 3 heterocycles. The minimum absolute atomic E-state index is 0.00758. The van der Waals surface area contributed by atoms with Crippen LogP contribution in [-0.4, -0.2) is 48.5 Å². The summed E-state index contributed by atoms with van der Waals surface area (Å²) in [5.41, 5.74) is 2.41. The van der Waals surface area contributed by atoms with Crippen LogP contribution in [-0.2, 0) is 0 Å². The van der Waals surface area contributed by atoms with E-state index in [1.54, 1.807) is 6.20 Å². The molecule has 0 aliphatic carbocycles. The standard InChI is InChI=1S/C22H24N4OS/c27-22(21-9-5-15-28-21)24-17-20(18-6-4-10-23-16-18)26-13-11-25(12-14-26)19-7-2-1-3-8-19/h1-10,15-16,20H,11-14,17H2,(H,24,27)/t20-/m1/s1. The Labute approximate surface area is 169 Å². The molecule has 6 heteroatoms. The van der Waals surface area contributed by atoms with Gasteiger partial charge in [-0.15, -0.1) is 11.3 Å². The van der Waals surface area contributed by atoms with Gasteiger partial charge in [0.2, 0.25) is 0 Å². The number of carbonyl (C=O) groups excluding carboxylic acids is 1. The Morgan fingerprint density at radius 1 is 1.04 bits per heavy atom. The highest BCUT2D eigenvalue weighted by atomic mass is 32.1. The van der Waals surface area contributed by atoms with Crippen molar-refractivity contribution >= 4 is 22.9 Å². The van der Waals surface area contributed by atoms with Gasteiger partial charge in [-0.05, 0) is 35.2 Å². The lowest BCUT2D eigenvalue weighted by molar-refractivity contribution is 0.0934. The molecule has 1 fully saturated rings. The fourth-order valence-electron chi connectivity index (χ4n) is 3.65. The van der Waals surface area contributed by atoms with Crippen LogP contribution in [0.25, 0.3) is 0 Å². The number of amides is 1. The van der Waals surface area contributed by atoms with Gasteiger partial charge in [-0.25, -0.2) is 0 Å². The average Bonchev–Trinajstić information content (AvgIpc) is 3.31. The second-order valence-corrected chi connectivity index (χ2v) is 7.80. The maximum absolute atomic E-state index is 12.4. The molecule has 1 atom stereocenters. The van der Waals surface area contributed by atoms with Crippen molar-refractivity contribution < 1.29 is 4.79 Å². The molecule has 144 valence electrons. The molecule has 1 aliphatic heterocycles. The largest absolute Gasteiger partial charge is 0.369 e. The predicted octanol–water partition coefficient (Wildman–Crippen LogP) is 3.44. The summed E-state index contributed by atoms with van der Waals surface area (Å²) in [4.78, 5) is 22.3. The van der Waals surface area contributed by atoms with E-state index in [1.807, 2.05) is 29.8 Å². The van der Waals surface area contributed by atoms with Gasteiger partial charge in [0.05, 0.1) is 10.9 Å². The molecule has 1 amide bonds. The van der Waals surface area contributed by atoms with Crippen LogP contribution in [0.5, 0.6) is 0 Å². The molecule has 3 aromatic rings. The van der Waals surface area contributed by atoms with Crippen LogP contribution >= 0.6 is 11.3 Å². The van der Waals surface area contributed by atoms with Crippen LogP contribution in [0.2, 0.25) is 0 Å². The quantitative estimate of drug-likeness (QED) is 0.698. The van der Waals surface area contributed by atoms with Gasteiger partial charge >= 0.3 is 0 Å². The first kappa shape index (κ1) is 18.7. The summed E-state index contributed by atoms with van der Waals surface area (Å²) < 4.78 is 0. The Bertz CT molecular complexity index is 862. The Balaban J connectivity index is 1.43. The van der Waals surface area contributed by atoms with Crippen LogP contribution < -0.4 is 10.2 Å². The third-order valence-corrected chi connectivity index (χ3v) is 6.02. The molecule has 0 saturated carbocycles. The van der Waals surface area contributed by atoms with Gasteiger partial charge in [0.15, 0.2) is 0 Å². The molecule has 2 aromatic heterocycles. The molecule has 1 aromatic carbocycles. The SMILES string of the molecule is O=C(NC[C@H](c1cccnc1)N1CCN(c2ccccc2)CC1)c1cccs1. The van der Waals surface area contributed by atoms with Gasteiger partial charge < -0.3 is 10.2 Å². The van der Waals surface area contributed by atoms with Gasteiger partial charge in [-0.3, -0.25) is 14.7 Å². The fourth-order valence-corrected chi connectivity index (χ4v) is 4.29. The number of hydrogen-bond acceptors (Lipinski definition) is 5. The van der Waals surface area contributed by atoms with E-state index in [1.165, 1.54) is 17.0 Å². The zero-order valence-electron chi connectivity index (χ0n) is 15.7. The van der Waals surface area contributed by atoms with Crippen molar-refractivity contribution in [3.05, 3.63) is 82.8 Å². The summed E-state index contributed by atoms with van der Waals surface area (Å²) in [6.07, 6.45) is 3.70. The first-order valence-electron chi connectivity index (χ1n) is 9.57. The van der Waals surface area contributed by atoms with E-state index in [0.717, 1.165) is 36.6 Å². The smallest absolute Gasteiger partial charge is 0.261 e. The summed E-state index contributed by atoms with van der Waals surface area (Å²) in [6, 6.07) is 18.5. The van der Waals surface area contributed by atoms with E-state index in [2.05, 4.69) is 56.5 Å². The molecular formula is C22H24N4OS. The molecule has 0 radical (unpaired) electrons. The number of para-hydroxylation sites is 1. The number of hydrogen-bond donors (Lipinski definition) is 1.